The van der Waals surface area contributed by atoms with Gasteiger partial charge in [-0.05, 0) is 51.0 Å². The van der Waals surface area contributed by atoms with Crippen molar-refractivity contribution in [1.82, 2.24) is 4.31 Å². The second-order valence-corrected chi connectivity index (χ2v) is 10.2. The average molecular weight is 439 g/mol. The van der Waals surface area contributed by atoms with Crippen LogP contribution in [-0.2, 0) is 29.0 Å². The molecule has 30 heavy (non-hydrogen) atoms. The zero-order valence-electron chi connectivity index (χ0n) is 17.6. The number of carbonyl (C=O) groups excluding carboxylic acids is 1. The minimum atomic E-state index is -3.76. The number of sulfonamides is 1. The van der Waals surface area contributed by atoms with E-state index in [-0.39, 0.29) is 11.0 Å². The van der Waals surface area contributed by atoms with Crippen LogP contribution in [0, 0.1) is 0 Å². The SMILES string of the molecule is CC(C)OC(=O)C1CCCN1S(=O)(=O)c1ccc(N2CCC3(CC2)OCCO3)cc1. The first kappa shape index (κ1) is 21.5. The molecule has 1 spiro atoms. The van der Waals surface area contributed by atoms with Gasteiger partial charge < -0.3 is 19.1 Å². The van der Waals surface area contributed by atoms with Crippen LogP contribution >= 0.6 is 0 Å². The molecule has 0 saturated carbocycles. The molecule has 0 aromatic heterocycles. The first-order valence-corrected chi connectivity index (χ1v) is 12.1. The molecule has 3 heterocycles. The Bertz CT molecular complexity index is 854. The lowest BCUT2D eigenvalue weighted by molar-refractivity contribution is -0.169. The molecule has 0 aliphatic carbocycles. The Balaban J connectivity index is 1.44. The molecule has 3 aliphatic rings. The predicted octanol–water partition coefficient (Wildman–Crippen LogP) is 2.13. The highest BCUT2D eigenvalue weighted by Gasteiger charge is 2.41. The molecule has 1 aromatic carbocycles. The minimum absolute atomic E-state index is 0.200. The highest BCUT2D eigenvalue weighted by molar-refractivity contribution is 7.89. The Morgan fingerprint density at radius 2 is 1.73 bits per heavy atom. The summed E-state index contributed by atoms with van der Waals surface area (Å²) in [5.41, 5.74) is 0.971. The zero-order valence-corrected chi connectivity index (χ0v) is 18.4. The van der Waals surface area contributed by atoms with Gasteiger partial charge in [-0.15, -0.1) is 0 Å². The molecule has 0 amide bonds. The van der Waals surface area contributed by atoms with Gasteiger partial charge in [0.05, 0.1) is 24.2 Å². The normalized spacial score (nSPS) is 24.6. The summed E-state index contributed by atoms with van der Waals surface area (Å²) in [4.78, 5) is 14.8. The molecule has 9 heteroatoms. The number of carbonyl (C=O) groups is 1. The first-order valence-electron chi connectivity index (χ1n) is 10.7. The Morgan fingerprint density at radius 1 is 1.10 bits per heavy atom. The number of anilines is 1. The van der Waals surface area contributed by atoms with Crippen molar-refractivity contribution in [3.05, 3.63) is 24.3 Å². The van der Waals surface area contributed by atoms with Gasteiger partial charge in [0.15, 0.2) is 5.79 Å². The molecular weight excluding hydrogens is 408 g/mol. The Hall–Kier alpha value is -1.68. The van der Waals surface area contributed by atoms with Crippen LogP contribution in [0.15, 0.2) is 29.2 Å². The van der Waals surface area contributed by atoms with Crippen molar-refractivity contribution in [2.45, 2.75) is 62.4 Å². The summed E-state index contributed by atoms with van der Waals surface area (Å²) in [6, 6.07) is 6.17. The van der Waals surface area contributed by atoms with E-state index in [2.05, 4.69) is 4.90 Å². The molecule has 166 valence electrons. The van der Waals surface area contributed by atoms with Crippen molar-refractivity contribution in [1.29, 1.82) is 0 Å². The largest absolute Gasteiger partial charge is 0.462 e. The van der Waals surface area contributed by atoms with Gasteiger partial charge in [-0.2, -0.15) is 4.31 Å². The summed E-state index contributed by atoms with van der Waals surface area (Å²) in [5.74, 6) is -0.906. The van der Waals surface area contributed by atoms with Gasteiger partial charge in [-0.25, -0.2) is 8.42 Å². The number of hydrogen-bond donors (Lipinski definition) is 0. The fraction of sp³-hybridized carbons (Fsp3) is 0.667. The highest BCUT2D eigenvalue weighted by Crippen LogP contribution is 2.34. The van der Waals surface area contributed by atoms with Crippen molar-refractivity contribution in [3.63, 3.8) is 0 Å². The van der Waals surface area contributed by atoms with Gasteiger partial charge >= 0.3 is 5.97 Å². The molecule has 1 aromatic rings. The molecule has 0 N–H and O–H groups in total. The average Bonchev–Trinajstić information content (AvgIpc) is 3.39. The number of rotatable bonds is 5. The number of ether oxygens (including phenoxy) is 3. The van der Waals surface area contributed by atoms with E-state index in [4.69, 9.17) is 14.2 Å². The topological polar surface area (TPSA) is 85.4 Å². The maximum atomic E-state index is 13.2. The molecule has 1 unspecified atom stereocenters. The number of piperidine rings is 1. The minimum Gasteiger partial charge on any atom is -0.462 e. The highest BCUT2D eigenvalue weighted by atomic mass is 32.2. The lowest BCUT2D eigenvalue weighted by Gasteiger charge is -2.38. The second kappa shape index (κ2) is 8.45. The maximum Gasteiger partial charge on any atom is 0.324 e. The van der Waals surface area contributed by atoms with Crippen LogP contribution in [-0.4, -0.2) is 69.5 Å². The van der Waals surface area contributed by atoms with Crippen LogP contribution in [0.1, 0.15) is 39.5 Å². The van der Waals surface area contributed by atoms with Gasteiger partial charge in [0.25, 0.3) is 0 Å². The van der Waals surface area contributed by atoms with Crippen LogP contribution in [0.4, 0.5) is 5.69 Å². The van der Waals surface area contributed by atoms with Crippen molar-refractivity contribution < 1.29 is 27.4 Å². The molecule has 0 bridgehead atoms. The third-order valence-electron chi connectivity index (χ3n) is 5.97. The molecule has 3 aliphatic heterocycles. The quantitative estimate of drug-likeness (QED) is 0.651. The van der Waals surface area contributed by atoms with Crippen LogP contribution < -0.4 is 4.90 Å². The van der Waals surface area contributed by atoms with E-state index in [0.717, 1.165) is 31.6 Å². The summed E-state index contributed by atoms with van der Waals surface area (Å²) in [7, 11) is -3.76. The fourth-order valence-electron chi connectivity index (χ4n) is 4.43. The summed E-state index contributed by atoms with van der Waals surface area (Å²) < 4.78 is 44.4. The number of benzene rings is 1. The fourth-order valence-corrected chi connectivity index (χ4v) is 6.08. The van der Waals surface area contributed by atoms with Crippen LogP contribution in [0.3, 0.4) is 0 Å². The van der Waals surface area contributed by atoms with Crippen LogP contribution in [0.5, 0.6) is 0 Å². The monoisotopic (exact) mass is 438 g/mol. The lowest BCUT2D eigenvalue weighted by atomic mass is 10.0. The predicted molar refractivity (Wildman–Crippen MR) is 111 cm³/mol. The van der Waals surface area contributed by atoms with Crippen molar-refractivity contribution in [3.8, 4) is 0 Å². The van der Waals surface area contributed by atoms with Crippen LogP contribution in [0.2, 0.25) is 0 Å². The van der Waals surface area contributed by atoms with E-state index in [0.29, 0.717) is 32.6 Å². The Kier molecular flexibility index (Phi) is 6.07. The zero-order chi connectivity index (χ0) is 21.4. The summed E-state index contributed by atoms with van der Waals surface area (Å²) in [5, 5.41) is 0. The molecular formula is C21H30N2O6S. The van der Waals surface area contributed by atoms with E-state index < -0.39 is 27.8 Å². The molecule has 0 radical (unpaired) electrons. The van der Waals surface area contributed by atoms with Gasteiger partial charge in [-0.1, -0.05) is 0 Å². The summed E-state index contributed by atoms with van der Waals surface area (Å²) >= 11 is 0. The smallest absolute Gasteiger partial charge is 0.324 e. The lowest BCUT2D eigenvalue weighted by Crippen LogP contribution is -2.45. The molecule has 1 atom stereocenters. The molecule has 3 saturated heterocycles. The summed E-state index contributed by atoms with van der Waals surface area (Å²) in [6.45, 7) is 6.73. The third kappa shape index (κ3) is 4.21. The number of hydrogen-bond acceptors (Lipinski definition) is 7. The van der Waals surface area contributed by atoms with Gasteiger partial charge in [0, 0.05) is 38.2 Å². The van der Waals surface area contributed by atoms with E-state index in [1.807, 2.05) is 12.1 Å². The number of nitrogens with zero attached hydrogens (tertiary/aromatic N) is 2. The van der Waals surface area contributed by atoms with E-state index in [1.54, 1.807) is 26.0 Å². The van der Waals surface area contributed by atoms with Gasteiger partial charge in [-0.3, -0.25) is 4.79 Å². The second-order valence-electron chi connectivity index (χ2n) is 8.35. The van der Waals surface area contributed by atoms with Gasteiger partial charge in [0.2, 0.25) is 10.0 Å². The maximum absolute atomic E-state index is 13.2. The van der Waals surface area contributed by atoms with Crippen LogP contribution in [0.25, 0.3) is 0 Å². The first-order chi connectivity index (χ1) is 14.3. The van der Waals surface area contributed by atoms with E-state index >= 15 is 0 Å². The van der Waals surface area contributed by atoms with E-state index in [9.17, 15) is 13.2 Å². The van der Waals surface area contributed by atoms with E-state index in [1.165, 1.54) is 4.31 Å². The third-order valence-corrected chi connectivity index (χ3v) is 7.90. The van der Waals surface area contributed by atoms with Crippen molar-refractivity contribution in [2.75, 3.05) is 37.7 Å². The Morgan fingerprint density at radius 3 is 2.33 bits per heavy atom. The number of esters is 1. The molecule has 8 nitrogen and oxygen atoms in total. The van der Waals surface area contributed by atoms with Crippen molar-refractivity contribution >= 4 is 21.7 Å². The van der Waals surface area contributed by atoms with Gasteiger partial charge in [0.1, 0.15) is 6.04 Å². The summed E-state index contributed by atoms with van der Waals surface area (Å²) in [6.07, 6.45) is 2.45. The molecule has 4 rings (SSSR count). The Labute approximate surface area is 178 Å². The van der Waals surface area contributed by atoms with Crippen molar-refractivity contribution in [2.24, 2.45) is 0 Å². The standard InChI is InChI=1S/C21H30N2O6S/c1-16(2)29-20(24)19-4-3-11-23(19)30(25,26)18-7-5-17(6-8-18)22-12-9-21(10-13-22)27-14-15-28-21/h5-8,16,19H,3-4,9-15H2,1-2H3. The molecule has 3 fully saturated rings.